The van der Waals surface area contributed by atoms with Crippen LogP contribution in [0.1, 0.15) is 20.8 Å². The lowest BCUT2D eigenvalue weighted by Crippen LogP contribution is -2.08. The number of pyridine rings is 1. The maximum absolute atomic E-state index is 13.9. The number of ketones is 1. The van der Waals surface area contributed by atoms with Gasteiger partial charge in [0.05, 0.1) is 24.1 Å². The molecule has 158 valence electrons. The molecule has 0 aliphatic rings. The number of hydrogen-bond acceptors (Lipinski definition) is 5. The van der Waals surface area contributed by atoms with Crippen LogP contribution in [0.25, 0.3) is 21.5 Å². The predicted octanol–water partition coefficient (Wildman–Crippen LogP) is 6.57. The van der Waals surface area contributed by atoms with Crippen LogP contribution in [0.3, 0.4) is 0 Å². The molecule has 2 heterocycles. The third-order valence-corrected chi connectivity index (χ3v) is 6.33. The third-order valence-electron chi connectivity index (χ3n) is 4.70. The van der Waals surface area contributed by atoms with Crippen molar-refractivity contribution in [2.45, 2.75) is 6.18 Å². The molecule has 4 nitrogen and oxygen atoms in total. The lowest BCUT2D eigenvalue weighted by Gasteiger charge is -2.11. The summed E-state index contributed by atoms with van der Waals surface area (Å²) in [6.07, 6.45) is -4.67. The summed E-state index contributed by atoms with van der Waals surface area (Å²) in [4.78, 5) is 17.4. The second-order valence-corrected chi connectivity index (χ2v) is 8.56. The second-order valence-electron chi connectivity index (χ2n) is 6.64. The molecule has 2 N–H and O–H groups in total. The first-order valence-corrected chi connectivity index (χ1v) is 10.5. The second kappa shape index (κ2) is 7.97. The minimum atomic E-state index is -4.67. The standard InChI is InChI=1S/C22H14BrF3N2O2S/c1-30-14-8-4-12(5-9-14)19(29)20-18(27)17-15(22(24,25)26)10-16(28-21(17)31-20)11-2-6-13(23)7-3-11/h2-10H,27H2,1H3. The summed E-state index contributed by atoms with van der Waals surface area (Å²) in [5.74, 6) is 0.0856. The highest BCUT2D eigenvalue weighted by atomic mass is 79.9. The van der Waals surface area contributed by atoms with E-state index in [1.54, 1.807) is 36.4 Å². The Labute approximate surface area is 187 Å². The minimum Gasteiger partial charge on any atom is -0.497 e. The highest BCUT2D eigenvalue weighted by Gasteiger charge is 2.36. The van der Waals surface area contributed by atoms with E-state index in [1.807, 2.05) is 0 Å². The van der Waals surface area contributed by atoms with Gasteiger partial charge in [0, 0.05) is 21.0 Å². The highest BCUT2D eigenvalue weighted by molar-refractivity contribution is 9.10. The molecular formula is C22H14BrF3N2O2S. The molecule has 0 unspecified atom stereocenters. The molecule has 0 spiro atoms. The van der Waals surface area contributed by atoms with Gasteiger partial charge in [0.25, 0.3) is 0 Å². The van der Waals surface area contributed by atoms with Crippen molar-refractivity contribution in [1.82, 2.24) is 4.98 Å². The molecule has 0 bridgehead atoms. The largest absolute Gasteiger partial charge is 0.497 e. The van der Waals surface area contributed by atoms with Crippen LogP contribution >= 0.6 is 27.3 Å². The Hall–Kier alpha value is -2.91. The van der Waals surface area contributed by atoms with Crippen LogP contribution in [-0.4, -0.2) is 17.9 Å². The van der Waals surface area contributed by atoms with Gasteiger partial charge in [-0.15, -0.1) is 11.3 Å². The first-order valence-electron chi connectivity index (χ1n) is 8.94. The maximum atomic E-state index is 13.9. The molecule has 0 amide bonds. The topological polar surface area (TPSA) is 65.2 Å². The Bertz CT molecular complexity index is 1280. The van der Waals surface area contributed by atoms with Gasteiger partial charge in [0.15, 0.2) is 0 Å². The monoisotopic (exact) mass is 506 g/mol. The van der Waals surface area contributed by atoms with Crippen molar-refractivity contribution < 1.29 is 22.7 Å². The van der Waals surface area contributed by atoms with Crippen molar-refractivity contribution in [3.05, 3.63) is 75.1 Å². The number of carbonyl (C=O) groups is 1. The van der Waals surface area contributed by atoms with Gasteiger partial charge in [0.1, 0.15) is 15.5 Å². The number of benzene rings is 2. The average Bonchev–Trinajstić information content (AvgIpc) is 3.09. The maximum Gasteiger partial charge on any atom is 0.417 e. The SMILES string of the molecule is COc1ccc(C(=O)c2sc3nc(-c4ccc(Br)cc4)cc(C(F)(F)F)c3c2N)cc1. The quantitative estimate of drug-likeness (QED) is 0.318. The number of nitrogen functional groups attached to an aromatic ring is 1. The zero-order chi connectivity index (χ0) is 22.3. The number of thiophene rings is 1. The number of aromatic nitrogens is 1. The Balaban J connectivity index is 1.90. The van der Waals surface area contributed by atoms with Gasteiger partial charge in [-0.25, -0.2) is 4.98 Å². The lowest BCUT2D eigenvalue weighted by molar-refractivity contribution is -0.136. The Morgan fingerprint density at radius 1 is 1.10 bits per heavy atom. The van der Waals surface area contributed by atoms with Crippen molar-refractivity contribution in [2.24, 2.45) is 0 Å². The fraction of sp³-hybridized carbons (Fsp3) is 0.0909. The van der Waals surface area contributed by atoms with Crippen molar-refractivity contribution in [2.75, 3.05) is 12.8 Å². The van der Waals surface area contributed by atoms with Crippen LogP contribution in [0.4, 0.5) is 18.9 Å². The normalized spacial score (nSPS) is 11.6. The van der Waals surface area contributed by atoms with Gasteiger partial charge in [-0.1, -0.05) is 28.1 Å². The van der Waals surface area contributed by atoms with Gasteiger partial charge < -0.3 is 10.5 Å². The number of halogens is 4. The third kappa shape index (κ3) is 4.03. The first kappa shape index (κ1) is 21.3. The highest BCUT2D eigenvalue weighted by Crippen LogP contribution is 2.44. The van der Waals surface area contributed by atoms with E-state index in [0.717, 1.165) is 21.9 Å². The van der Waals surface area contributed by atoms with Crippen LogP contribution in [0.5, 0.6) is 5.75 Å². The molecule has 0 aliphatic carbocycles. The Morgan fingerprint density at radius 3 is 2.32 bits per heavy atom. The van der Waals surface area contributed by atoms with Crippen molar-refractivity contribution >= 4 is 49.0 Å². The van der Waals surface area contributed by atoms with Crippen molar-refractivity contribution in [3.8, 4) is 17.0 Å². The summed E-state index contributed by atoms with van der Waals surface area (Å²) < 4.78 is 47.5. The predicted molar refractivity (Wildman–Crippen MR) is 119 cm³/mol. The van der Waals surface area contributed by atoms with Gasteiger partial charge in [0.2, 0.25) is 5.78 Å². The van der Waals surface area contributed by atoms with Crippen LogP contribution in [0.2, 0.25) is 0 Å². The summed E-state index contributed by atoms with van der Waals surface area (Å²) in [5.41, 5.74) is 5.88. The number of fused-ring (bicyclic) bond motifs is 1. The summed E-state index contributed by atoms with van der Waals surface area (Å²) in [6, 6.07) is 14.0. The number of ether oxygens (including phenoxy) is 1. The summed E-state index contributed by atoms with van der Waals surface area (Å²) in [6.45, 7) is 0. The number of alkyl halides is 3. The number of rotatable bonds is 4. The molecule has 31 heavy (non-hydrogen) atoms. The van der Waals surface area contributed by atoms with E-state index in [1.165, 1.54) is 19.2 Å². The fourth-order valence-corrected chi connectivity index (χ4v) is 4.50. The van der Waals surface area contributed by atoms with Gasteiger partial charge in [-0.2, -0.15) is 13.2 Å². The average molecular weight is 507 g/mol. The lowest BCUT2D eigenvalue weighted by atomic mass is 10.0. The molecule has 2 aromatic heterocycles. The number of anilines is 1. The van der Waals surface area contributed by atoms with Crippen LogP contribution < -0.4 is 10.5 Å². The van der Waals surface area contributed by atoms with Crippen LogP contribution in [-0.2, 0) is 6.18 Å². The van der Waals surface area contributed by atoms with Gasteiger partial charge in [-0.3, -0.25) is 4.79 Å². The first-order chi connectivity index (χ1) is 14.7. The molecule has 0 saturated heterocycles. The number of carbonyl (C=O) groups excluding carboxylic acids is 1. The molecule has 0 aliphatic heterocycles. The fourth-order valence-electron chi connectivity index (χ4n) is 3.16. The van der Waals surface area contributed by atoms with E-state index in [2.05, 4.69) is 20.9 Å². The van der Waals surface area contributed by atoms with E-state index in [-0.39, 0.29) is 26.5 Å². The Kier molecular flexibility index (Phi) is 5.49. The molecule has 0 saturated carbocycles. The number of nitrogens with zero attached hydrogens (tertiary/aromatic N) is 1. The number of methoxy groups -OCH3 is 1. The summed E-state index contributed by atoms with van der Waals surface area (Å²) in [7, 11) is 1.49. The van der Waals surface area contributed by atoms with E-state index in [9.17, 15) is 18.0 Å². The van der Waals surface area contributed by atoms with E-state index in [4.69, 9.17) is 10.5 Å². The molecule has 4 aromatic rings. The van der Waals surface area contributed by atoms with E-state index in [0.29, 0.717) is 16.9 Å². The Morgan fingerprint density at radius 2 is 1.74 bits per heavy atom. The van der Waals surface area contributed by atoms with Crippen molar-refractivity contribution in [1.29, 1.82) is 0 Å². The molecule has 2 aromatic carbocycles. The zero-order valence-corrected chi connectivity index (χ0v) is 18.4. The summed E-state index contributed by atoms with van der Waals surface area (Å²) >= 11 is 4.16. The van der Waals surface area contributed by atoms with Gasteiger partial charge in [-0.05, 0) is 42.5 Å². The van der Waals surface area contributed by atoms with Crippen LogP contribution in [0.15, 0.2) is 59.1 Å². The molecule has 4 rings (SSSR count). The number of hydrogen-bond donors (Lipinski definition) is 1. The smallest absolute Gasteiger partial charge is 0.417 e. The molecule has 0 fully saturated rings. The number of nitrogens with two attached hydrogens (primary N) is 1. The van der Waals surface area contributed by atoms with Crippen LogP contribution in [0, 0.1) is 0 Å². The van der Waals surface area contributed by atoms with E-state index < -0.39 is 17.5 Å². The minimum absolute atomic E-state index is 0.0196. The van der Waals surface area contributed by atoms with E-state index >= 15 is 0 Å². The van der Waals surface area contributed by atoms with Crippen molar-refractivity contribution in [3.63, 3.8) is 0 Å². The molecular weight excluding hydrogens is 493 g/mol. The summed E-state index contributed by atoms with van der Waals surface area (Å²) in [5, 5.41) is -0.254. The molecule has 9 heteroatoms. The zero-order valence-electron chi connectivity index (χ0n) is 16.0. The molecule has 0 radical (unpaired) electrons. The van der Waals surface area contributed by atoms with Gasteiger partial charge >= 0.3 is 6.18 Å². The molecule has 0 atom stereocenters.